The SMILES string of the molecule is CCNC(=O)Cc1csc(-c2ccc(OCCOCCOCCOCCN)cc2Cl)n1.O=CO. The van der Waals surface area contributed by atoms with Crippen LogP contribution in [0.5, 0.6) is 5.75 Å². The van der Waals surface area contributed by atoms with Crippen LogP contribution in [0.2, 0.25) is 5.02 Å². The molecular formula is C22H32ClN3O7S. The number of thiazole rings is 1. The Kier molecular flexibility index (Phi) is 16.7. The van der Waals surface area contributed by atoms with Crippen LogP contribution in [0.1, 0.15) is 12.6 Å². The summed E-state index contributed by atoms with van der Waals surface area (Å²) in [7, 11) is 0. The van der Waals surface area contributed by atoms with Gasteiger partial charge in [0, 0.05) is 24.0 Å². The van der Waals surface area contributed by atoms with Gasteiger partial charge in [0.05, 0.1) is 56.8 Å². The number of halogens is 1. The predicted molar refractivity (Wildman–Crippen MR) is 131 cm³/mol. The Balaban J connectivity index is 0.00000182. The average Bonchev–Trinajstić information content (AvgIpc) is 3.26. The van der Waals surface area contributed by atoms with Gasteiger partial charge in [0.1, 0.15) is 17.4 Å². The Labute approximate surface area is 208 Å². The molecule has 1 aromatic carbocycles. The minimum atomic E-state index is -0.250. The number of ether oxygens (including phenoxy) is 4. The Morgan fingerprint density at radius 3 is 2.35 bits per heavy atom. The number of nitrogens with zero attached hydrogens (tertiary/aromatic N) is 1. The van der Waals surface area contributed by atoms with Crippen LogP contribution < -0.4 is 15.8 Å². The zero-order valence-electron chi connectivity index (χ0n) is 19.2. The molecule has 10 nitrogen and oxygen atoms in total. The van der Waals surface area contributed by atoms with Crippen LogP contribution in [0.15, 0.2) is 23.6 Å². The first kappa shape index (κ1) is 29.8. The summed E-state index contributed by atoms with van der Waals surface area (Å²) in [6, 6.07) is 5.47. The molecule has 1 amide bonds. The van der Waals surface area contributed by atoms with Gasteiger partial charge >= 0.3 is 0 Å². The van der Waals surface area contributed by atoms with E-state index in [-0.39, 0.29) is 18.8 Å². The average molecular weight is 518 g/mol. The maximum Gasteiger partial charge on any atom is 0.290 e. The fraction of sp³-hybridized carbons (Fsp3) is 0.500. The number of benzene rings is 1. The molecule has 0 aliphatic carbocycles. The summed E-state index contributed by atoms with van der Waals surface area (Å²) in [6.45, 7) is 6.21. The summed E-state index contributed by atoms with van der Waals surface area (Å²) >= 11 is 7.87. The van der Waals surface area contributed by atoms with Crippen LogP contribution in [-0.2, 0) is 30.2 Å². The lowest BCUT2D eigenvalue weighted by Crippen LogP contribution is -2.24. The van der Waals surface area contributed by atoms with E-state index in [1.54, 1.807) is 6.07 Å². The van der Waals surface area contributed by atoms with Crippen LogP contribution in [-0.4, -0.2) is 81.8 Å². The zero-order chi connectivity index (χ0) is 25.0. The monoisotopic (exact) mass is 517 g/mol. The topological polar surface area (TPSA) is 142 Å². The molecule has 0 bridgehead atoms. The van der Waals surface area contributed by atoms with Crippen molar-refractivity contribution in [2.45, 2.75) is 13.3 Å². The van der Waals surface area contributed by atoms with Gasteiger partial charge in [-0.15, -0.1) is 11.3 Å². The molecule has 1 heterocycles. The third-order valence-corrected chi connectivity index (χ3v) is 5.18. The number of rotatable bonds is 16. The standard InChI is InChI=1S/C21H30ClN3O5S.CH2O2/c1-2-24-20(26)13-16-15-31-21(25-16)18-4-3-17(14-19(18)22)30-12-11-29-10-9-28-8-7-27-6-5-23;2-1-3/h3-4,14-15H,2,5-13,23H2,1H3,(H,24,26);1H,(H,2,3). The summed E-state index contributed by atoms with van der Waals surface area (Å²) in [5.41, 5.74) is 6.86. The van der Waals surface area contributed by atoms with Gasteiger partial charge in [-0.1, -0.05) is 11.6 Å². The summed E-state index contributed by atoms with van der Waals surface area (Å²) in [5.74, 6) is 0.615. The van der Waals surface area contributed by atoms with E-state index in [9.17, 15) is 4.79 Å². The van der Waals surface area contributed by atoms with Crippen LogP contribution in [0.4, 0.5) is 0 Å². The van der Waals surface area contributed by atoms with Crippen LogP contribution in [0, 0.1) is 0 Å². The first-order valence-electron chi connectivity index (χ1n) is 10.7. The number of carbonyl (C=O) groups is 2. The molecule has 0 spiro atoms. The molecule has 1 aromatic heterocycles. The highest BCUT2D eigenvalue weighted by Gasteiger charge is 2.12. The number of aromatic nitrogens is 1. The molecule has 0 unspecified atom stereocenters. The third-order valence-electron chi connectivity index (χ3n) is 3.94. The normalized spacial score (nSPS) is 10.3. The molecule has 2 aromatic rings. The zero-order valence-corrected chi connectivity index (χ0v) is 20.7. The lowest BCUT2D eigenvalue weighted by atomic mass is 10.2. The van der Waals surface area contributed by atoms with Crippen molar-refractivity contribution in [1.82, 2.24) is 10.3 Å². The summed E-state index contributed by atoms with van der Waals surface area (Å²) < 4.78 is 21.7. The quantitative estimate of drug-likeness (QED) is 0.225. The lowest BCUT2D eigenvalue weighted by molar-refractivity contribution is -0.123. The van der Waals surface area contributed by atoms with Crippen LogP contribution in [0.25, 0.3) is 10.6 Å². The fourth-order valence-electron chi connectivity index (χ4n) is 2.54. The van der Waals surface area contributed by atoms with Gasteiger partial charge in [-0.25, -0.2) is 4.98 Å². The van der Waals surface area contributed by atoms with Gasteiger partial charge in [-0.3, -0.25) is 9.59 Å². The van der Waals surface area contributed by atoms with Crippen molar-refractivity contribution in [3.63, 3.8) is 0 Å². The lowest BCUT2D eigenvalue weighted by Gasteiger charge is -2.09. The van der Waals surface area contributed by atoms with Crippen LogP contribution >= 0.6 is 22.9 Å². The van der Waals surface area contributed by atoms with Crippen molar-refractivity contribution in [2.75, 3.05) is 59.3 Å². The predicted octanol–water partition coefficient (Wildman–Crippen LogP) is 2.23. The number of hydrogen-bond acceptors (Lipinski definition) is 9. The maximum atomic E-state index is 11.7. The van der Waals surface area contributed by atoms with E-state index in [4.69, 9.17) is 46.2 Å². The molecular weight excluding hydrogens is 486 g/mol. The number of nitrogens with one attached hydrogen (secondary N) is 1. The Morgan fingerprint density at radius 2 is 1.76 bits per heavy atom. The first-order chi connectivity index (χ1) is 16.5. The van der Waals surface area contributed by atoms with E-state index < -0.39 is 0 Å². The number of likely N-dealkylation sites (N-methyl/N-ethyl adjacent to an activating group) is 1. The van der Waals surface area contributed by atoms with Crippen molar-refractivity contribution >= 4 is 35.3 Å². The molecule has 2 rings (SSSR count). The van der Waals surface area contributed by atoms with E-state index in [1.807, 2.05) is 24.4 Å². The molecule has 0 saturated carbocycles. The van der Waals surface area contributed by atoms with Gasteiger partial charge < -0.3 is 35.1 Å². The Bertz CT molecular complexity index is 839. The minimum Gasteiger partial charge on any atom is -0.491 e. The second kappa shape index (κ2) is 19.1. The first-order valence-corrected chi connectivity index (χ1v) is 12.0. The van der Waals surface area contributed by atoms with E-state index in [1.165, 1.54) is 11.3 Å². The minimum absolute atomic E-state index is 0.0421. The van der Waals surface area contributed by atoms with Crippen LogP contribution in [0.3, 0.4) is 0 Å². The molecule has 0 aliphatic rings. The molecule has 0 fully saturated rings. The van der Waals surface area contributed by atoms with Crippen molar-refractivity contribution in [1.29, 1.82) is 0 Å². The molecule has 12 heteroatoms. The molecule has 4 N–H and O–H groups in total. The fourth-order valence-corrected chi connectivity index (χ4v) is 3.71. The highest BCUT2D eigenvalue weighted by Crippen LogP contribution is 2.33. The smallest absolute Gasteiger partial charge is 0.290 e. The molecule has 0 aliphatic heterocycles. The number of nitrogens with two attached hydrogens (primary N) is 1. The molecule has 190 valence electrons. The molecule has 0 radical (unpaired) electrons. The van der Waals surface area contributed by atoms with E-state index in [0.29, 0.717) is 70.1 Å². The highest BCUT2D eigenvalue weighted by atomic mass is 35.5. The highest BCUT2D eigenvalue weighted by molar-refractivity contribution is 7.13. The van der Waals surface area contributed by atoms with Gasteiger partial charge in [-0.2, -0.15) is 0 Å². The van der Waals surface area contributed by atoms with Crippen molar-refractivity contribution in [2.24, 2.45) is 5.73 Å². The number of carboxylic acid groups (broad SMARTS) is 1. The van der Waals surface area contributed by atoms with Crippen molar-refractivity contribution < 1.29 is 33.6 Å². The van der Waals surface area contributed by atoms with Crippen molar-refractivity contribution in [3.05, 3.63) is 34.3 Å². The summed E-state index contributed by atoms with van der Waals surface area (Å²) in [5, 5.41) is 12.8. The summed E-state index contributed by atoms with van der Waals surface area (Å²) in [4.78, 5) is 24.6. The Morgan fingerprint density at radius 1 is 1.15 bits per heavy atom. The van der Waals surface area contributed by atoms with E-state index >= 15 is 0 Å². The van der Waals surface area contributed by atoms with Crippen molar-refractivity contribution in [3.8, 4) is 16.3 Å². The Hall–Kier alpha value is -2.28. The number of hydrogen-bond donors (Lipinski definition) is 3. The number of amides is 1. The largest absolute Gasteiger partial charge is 0.491 e. The van der Waals surface area contributed by atoms with Gasteiger partial charge in [0.2, 0.25) is 5.91 Å². The third kappa shape index (κ3) is 12.8. The maximum absolute atomic E-state index is 11.7. The molecule has 0 atom stereocenters. The second-order valence-corrected chi connectivity index (χ2v) is 7.76. The van der Waals surface area contributed by atoms with E-state index in [0.717, 1.165) is 16.3 Å². The molecule has 34 heavy (non-hydrogen) atoms. The van der Waals surface area contributed by atoms with Gasteiger partial charge in [0.15, 0.2) is 0 Å². The summed E-state index contributed by atoms with van der Waals surface area (Å²) in [6.07, 6.45) is 0.260. The second-order valence-electron chi connectivity index (χ2n) is 6.50. The van der Waals surface area contributed by atoms with E-state index in [2.05, 4.69) is 10.3 Å². The van der Waals surface area contributed by atoms with Gasteiger partial charge in [-0.05, 0) is 25.1 Å². The number of carbonyl (C=O) groups excluding carboxylic acids is 1. The van der Waals surface area contributed by atoms with Gasteiger partial charge in [0.25, 0.3) is 6.47 Å². The molecule has 0 saturated heterocycles.